The number of hydrogen-bond acceptors (Lipinski definition) is 1. The Kier molecular flexibility index (Phi) is 3.58. The fourth-order valence-electron chi connectivity index (χ4n) is 0.679. The third-order valence-corrected chi connectivity index (χ3v) is 2.89. The molecule has 0 radical (unpaired) electrons. The molecule has 0 heterocycles. The van der Waals surface area contributed by atoms with Crippen LogP contribution in [0.2, 0.25) is 0 Å². The van der Waals surface area contributed by atoms with Crippen molar-refractivity contribution >= 4 is 25.3 Å². The van der Waals surface area contributed by atoms with Crippen molar-refractivity contribution in [2.75, 3.05) is 0 Å². The van der Waals surface area contributed by atoms with Gasteiger partial charge in [0.2, 0.25) is 0 Å². The van der Waals surface area contributed by atoms with Gasteiger partial charge in [0, 0.05) is 0 Å². The molecule has 0 aromatic heterocycles. The van der Waals surface area contributed by atoms with Crippen LogP contribution in [0.4, 0.5) is 0 Å². The van der Waals surface area contributed by atoms with Crippen molar-refractivity contribution in [3.05, 3.63) is 41.4 Å². The molecule has 1 aromatic carbocycles. The van der Waals surface area contributed by atoms with E-state index in [0.717, 1.165) is 0 Å². The zero-order valence-electron chi connectivity index (χ0n) is 6.44. The molecule has 0 spiro atoms. The third-order valence-electron chi connectivity index (χ3n) is 1.18. The number of rotatable bonds is 3. The van der Waals surface area contributed by atoms with Gasteiger partial charge in [-0.25, -0.2) is 0 Å². The molecule has 2 nitrogen and oxygen atoms in total. The number of carbonyl (C=O) groups is 1. The molecule has 0 aliphatic heterocycles. The Morgan fingerprint density at radius 3 is 2.58 bits per heavy atom. The Labute approximate surface area is 77.6 Å². The van der Waals surface area contributed by atoms with E-state index in [1.54, 1.807) is 0 Å². The second-order valence-electron chi connectivity index (χ2n) is 2.14. The van der Waals surface area contributed by atoms with Crippen LogP contribution < -0.4 is 10.2 Å². The first-order valence-corrected chi connectivity index (χ1v) is 5.31. The topological polar surface area (TPSA) is 43.1 Å². The summed E-state index contributed by atoms with van der Waals surface area (Å²) < 4.78 is 1.24. The van der Waals surface area contributed by atoms with Gasteiger partial charge < -0.3 is 0 Å². The Hall–Kier alpha value is -1.05. The van der Waals surface area contributed by atoms with Crippen LogP contribution >= 0.6 is 0 Å². The van der Waals surface area contributed by atoms with Crippen LogP contribution in [0.3, 0.4) is 0 Å². The number of benzene rings is 1. The molecular formula is C9H9NOSe. The number of amides is 1. The summed E-state index contributed by atoms with van der Waals surface area (Å²) in [4.78, 5) is 12.2. The number of nitrogens with two attached hydrogens (primary N) is 1. The minimum absolute atomic E-state index is 0.219. The van der Waals surface area contributed by atoms with Crippen LogP contribution in [0.15, 0.2) is 41.4 Å². The van der Waals surface area contributed by atoms with E-state index in [4.69, 9.17) is 5.73 Å². The molecule has 0 bridgehead atoms. The van der Waals surface area contributed by atoms with Crippen LogP contribution in [0.5, 0.6) is 0 Å². The van der Waals surface area contributed by atoms with Gasteiger partial charge in [-0.15, -0.1) is 0 Å². The normalized spacial score (nSPS) is 10.3. The maximum absolute atomic E-state index is 10.3. The molecule has 1 rings (SSSR count). The summed E-state index contributed by atoms with van der Waals surface area (Å²) in [6.07, 6.45) is 1.41. The Balaban J connectivity index is 2.49. The van der Waals surface area contributed by atoms with Gasteiger partial charge in [0.15, 0.2) is 0 Å². The van der Waals surface area contributed by atoms with Gasteiger partial charge in [-0.05, 0) is 0 Å². The van der Waals surface area contributed by atoms with E-state index >= 15 is 0 Å². The summed E-state index contributed by atoms with van der Waals surface area (Å²) in [6, 6.07) is 10.00. The standard InChI is InChI=1S/C9H9NOSe/c10-9(11)6-7-12-8-4-2-1-3-5-8/h1-7H,(H2,10,11)/b7-6-. The van der Waals surface area contributed by atoms with E-state index in [0.29, 0.717) is 0 Å². The molecule has 0 fully saturated rings. The summed E-state index contributed by atoms with van der Waals surface area (Å²) in [7, 11) is 0. The van der Waals surface area contributed by atoms with E-state index in [2.05, 4.69) is 0 Å². The predicted molar refractivity (Wildman–Crippen MR) is 50.2 cm³/mol. The summed E-state index contributed by atoms with van der Waals surface area (Å²) in [5.74, 6) is -0.382. The van der Waals surface area contributed by atoms with Crippen LogP contribution in [0.1, 0.15) is 0 Å². The second-order valence-corrected chi connectivity index (χ2v) is 4.19. The fraction of sp³-hybridized carbons (Fsp3) is 0. The number of hydrogen-bond donors (Lipinski definition) is 1. The first-order chi connectivity index (χ1) is 5.79. The quantitative estimate of drug-likeness (QED) is 0.572. The van der Waals surface area contributed by atoms with Crippen LogP contribution in [0, 0.1) is 0 Å². The zero-order chi connectivity index (χ0) is 8.81. The van der Waals surface area contributed by atoms with Gasteiger partial charge in [-0.2, -0.15) is 0 Å². The number of primary amides is 1. The molecule has 1 amide bonds. The molecule has 1 aromatic rings. The third kappa shape index (κ3) is 3.37. The molecule has 0 saturated carbocycles. The summed E-state index contributed by atoms with van der Waals surface area (Å²) in [6.45, 7) is 0. The molecule has 0 atom stereocenters. The van der Waals surface area contributed by atoms with Crippen molar-refractivity contribution in [2.24, 2.45) is 5.73 Å². The first-order valence-electron chi connectivity index (χ1n) is 3.47. The average Bonchev–Trinajstić information content (AvgIpc) is 2.05. The van der Waals surface area contributed by atoms with E-state index in [1.165, 1.54) is 10.5 Å². The van der Waals surface area contributed by atoms with E-state index < -0.39 is 0 Å². The average molecular weight is 226 g/mol. The maximum atomic E-state index is 10.3. The van der Waals surface area contributed by atoms with Gasteiger partial charge in [-0.3, -0.25) is 0 Å². The van der Waals surface area contributed by atoms with E-state index in [9.17, 15) is 4.79 Å². The second kappa shape index (κ2) is 4.75. The van der Waals surface area contributed by atoms with Crippen molar-refractivity contribution < 1.29 is 4.79 Å². The number of carbonyl (C=O) groups excluding carboxylic acids is 1. The SMILES string of the molecule is NC(=O)/C=C\[Se]c1ccccc1. The van der Waals surface area contributed by atoms with Gasteiger partial charge in [0.05, 0.1) is 0 Å². The molecule has 3 heteroatoms. The van der Waals surface area contributed by atoms with Crippen molar-refractivity contribution in [3.8, 4) is 0 Å². The molecule has 2 N–H and O–H groups in total. The predicted octanol–water partition coefficient (Wildman–Crippen LogP) is 0.0151. The van der Waals surface area contributed by atoms with Crippen LogP contribution in [0.25, 0.3) is 0 Å². The van der Waals surface area contributed by atoms with Crippen molar-refractivity contribution in [1.82, 2.24) is 0 Å². The van der Waals surface area contributed by atoms with Crippen molar-refractivity contribution in [1.29, 1.82) is 0 Å². The minimum atomic E-state index is -0.382. The Bertz CT molecular complexity index is 282. The van der Waals surface area contributed by atoms with Gasteiger partial charge in [0.1, 0.15) is 0 Å². The Morgan fingerprint density at radius 1 is 1.33 bits per heavy atom. The zero-order valence-corrected chi connectivity index (χ0v) is 8.15. The molecule has 0 saturated heterocycles. The van der Waals surface area contributed by atoms with Crippen molar-refractivity contribution in [3.63, 3.8) is 0 Å². The van der Waals surface area contributed by atoms with Crippen molar-refractivity contribution in [2.45, 2.75) is 0 Å². The van der Waals surface area contributed by atoms with Crippen LogP contribution in [-0.2, 0) is 4.79 Å². The molecule has 62 valence electrons. The van der Waals surface area contributed by atoms with Gasteiger partial charge >= 0.3 is 77.2 Å². The molecule has 0 unspecified atom stereocenters. The summed E-state index contributed by atoms with van der Waals surface area (Å²) in [5.41, 5.74) is 4.94. The first kappa shape index (κ1) is 9.04. The van der Waals surface area contributed by atoms with E-state index in [1.807, 2.05) is 35.3 Å². The molecule has 12 heavy (non-hydrogen) atoms. The molecule has 0 aliphatic carbocycles. The Morgan fingerprint density at radius 2 is 2.00 bits per heavy atom. The van der Waals surface area contributed by atoms with E-state index in [-0.39, 0.29) is 20.9 Å². The van der Waals surface area contributed by atoms with Gasteiger partial charge in [-0.1, -0.05) is 0 Å². The monoisotopic (exact) mass is 227 g/mol. The molecule has 0 aliphatic rings. The van der Waals surface area contributed by atoms with Gasteiger partial charge in [0.25, 0.3) is 0 Å². The summed E-state index contributed by atoms with van der Waals surface area (Å²) in [5, 5.41) is 0. The summed E-state index contributed by atoms with van der Waals surface area (Å²) >= 11 is 0.219. The fourth-order valence-corrected chi connectivity index (χ4v) is 2.09. The van der Waals surface area contributed by atoms with Crippen LogP contribution in [-0.4, -0.2) is 20.9 Å². The molecular weight excluding hydrogens is 217 g/mol.